The molecule has 424 valence electrons. The Labute approximate surface area is 485 Å². The Bertz CT molecular complexity index is 2810. The number of alkyl carbamates (subject to hydrolysis) is 1. The number of benzene rings is 6. The van der Waals surface area contributed by atoms with Crippen molar-refractivity contribution < 1.29 is 38.2 Å². The number of hydrogen-bond donors (Lipinski definition) is 5. The molecule has 13 nitrogen and oxygen atoms in total. The molecule has 1 heterocycles. The lowest BCUT2D eigenvalue weighted by atomic mass is 9.84. The third kappa shape index (κ3) is 17.0. The molecule has 0 spiro atoms. The Morgan fingerprint density at radius 2 is 1.05 bits per heavy atom. The molecule has 6 aromatic carbocycles. The van der Waals surface area contributed by atoms with Gasteiger partial charge in [0.25, 0.3) is 0 Å². The first kappa shape index (κ1) is 61.0. The third-order valence-electron chi connectivity index (χ3n) is 13.7. The minimum absolute atomic E-state index is 0.0177. The molecule has 1 saturated heterocycles. The molecule has 1 aliphatic heterocycles. The fraction of sp³-hybridized carbons (Fsp3) is 0.333. The molecule has 0 aromatic heterocycles. The van der Waals surface area contributed by atoms with Crippen molar-refractivity contribution in [1.29, 1.82) is 0 Å². The molecule has 5 N–H and O–H groups in total. The van der Waals surface area contributed by atoms with E-state index in [1.165, 1.54) is 11.8 Å². The Kier molecular flexibility index (Phi) is 22.4. The Balaban J connectivity index is 1.18. The lowest BCUT2D eigenvalue weighted by Gasteiger charge is -2.37. The standard InChI is InChI=1S/C66H75N5O8S2/c1-47(2)59-62(76)68-45-58(73)78-54(40-25-27-43-80-65(48-28-12-6-13-29-48,49-30-14-7-15-31-49)50-32-16-8-17-33-50)44-57(72)69-55(41-24-26-42-67-63(77)79-64(3,4)5)60(74)70-56(61(75)71-59)46-81-66(51-34-18-9-19-35-51,52-36-20-10-21-37-52)53-38-22-11-23-39-53/h6-23,25,28-40,47,54-56,59H,24,26-27,41-46H2,1-5H3,(H,67,77)(H,68,76)(H,69,72)(H,70,74)(H,71,75)/b40-25+/t54?,55-,56-,59-/m1/s1. The monoisotopic (exact) mass is 1130 g/mol. The first-order valence-electron chi connectivity index (χ1n) is 27.7. The minimum atomic E-state index is -1.24. The Hall–Kier alpha value is -7.62. The molecule has 5 amide bonds. The SMILES string of the molecule is CC(C)[C@H]1NC(=O)[C@@H](CSC(c2ccccc2)(c2ccccc2)c2ccccc2)NC(=O)[C@@H](CCCCNC(=O)OC(C)(C)C)NC(=O)CC(/C=C/CCSC(c2ccccc2)(c2ccccc2)c2ccccc2)OC(=O)CNC1=O. The van der Waals surface area contributed by atoms with E-state index in [1.54, 1.807) is 52.5 Å². The summed E-state index contributed by atoms with van der Waals surface area (Å²) in [5, 5.41) is 14.2. The van der Waals surface area contributed by atoms with Gasteiger partial charge in [0.05, 0.1) is 15.9 Å². The molecular weight excluding hydrogens is 1050 g/mol. The number of cyclic esters (lactones) is 1. The van der Waals surface area contributed by atoms with Crippen molar-refractivity contribution >= 4 is 59.2 Å². The maximum atomic E-state index is 14.9. The van der Waals surface area contributed by atoms with E-state index in [1.807, 2.05) is 152 Å². The van der Waals surface area contributed by atoms with Crippen LogP contribution in [-0.4, -0.2) is 90.1 Å². The second-order valence-electron chi connectivity index (χ2n) is 21.2. The van der Waals surface area contributed by atoms with E-state index in [9.17, 15) is 28.8 Å². The van der Waals surface area contributed by atoms with Crippen LogP contribution in [0.25, 0.3) is 0 Å². The minimum Gasteiger partial charge on any atom is -0.456 e. The van der Waals surface area contributed by atoms with E-state index < -0.39 is 87.5 Å². The van der Waals surface area contributed by atoms with Gasteiger partial charge in [-0.05, 0) is 97.6 Å². The number of thioether (sulfide) groups is 2. The van der Waals surface area contributed by atoms with Crippen molar-refractivity contribution in [1.82, 2.24) is 26.6 Å². The van der Waals surface area contributed by atoms with Gasteiger partial charge in [0.1, 0.15) is 36.4 Å². The van der Waals surface area contributed by atoms with E-state index in [-0.39, 0.29) is 25.1 Å². The van der Waals surface area contributed by atoms with Crippen LogP contribution in [-0.2, 0) is 42.9 Å². The van der Waals surface area contributed by atoms with Crippen LogP contribution in [0.15, 0.2) is 194 Å². The number of hydrogen-bond acceptors (Lipinski definition) is 10. The number of nitrogens with one attached hydrogen (secondary N) is 5. The molecule has 1 fully saturated rings. The molecule has 0 saturated carbocycles. The second-order valence-corrected chi connectivity index (χ2v) is 23.8. The van der Waals surface area contributed by atoms with Crippen LogP contribution in [0.2, 0.25) is 0 Å². The number of unbranched alkanes of at least 4 members (excludes halogenated alkanes) is 1. The van der Waals surface area contributed by atoms with Gasteiger partial charge in [0, 0.05) is 12.3 Å². The number of amides is 5. The number of carbonyl (C=O) groups excluding carboxylic acids is 6. The van der Waals surface area contributed by atoms with Crippen LogP contribution in [0.5, 0.6) is 0 Å². The highest BCUT2D eigenvalue weighted by Crippen LogP contribution is 2.50. The number of allylic oxidation sites excluding steroid dienone is 1. The highest BCUT2D eigenvalue weighted by atomic mass is 32.2. The number of rotatable bonds is 20. The van der Waals surface area contributed by atoms with E-state index in [2.05, 4.69) is 63.0 Å². The smallest absolute Gasteiger partial charge is 0.407 e. The number of esters is 1. The summed E-state index contributed by atoms with van der Waals surface area (Å²) in [4.78, 5) is 84.4. The topological polar surface area (TPSA) is 181 Å². The quantitative estimate of drug-likeness (QED) is 0.0214. The molecule has 6 aromatic rings. The van der Waals surface area contributed by atoms with Crippen LogP contribution in [0.3, 0.4) is 0 Å². The fourth-order valence-corrected chi connectivity index (χ4v) is 12.9. The highest BCUT2D eigenvalue weighted by molar-refractivity contribution is 8.00. The van der Waals surface area contributed by atoms with Crippen LogP contribution >= 0.6 is 23.5 Å². The zero-order valence-corrected chi connectivity index (χ0v) is 48.4. The molecular formula is C66H75N5O8S2. The number of ether oxygens (including phenoxy) is 2. The lowest BCUT2D eigenvalue weighted by Crippen LogP contribution is -2.59. The molecule has 1 unspecified atom stereocenters. The first-order chi connectivity index (χ1) is 39.1. The van der Waals surface area contributed by atoms with E-state index >= 15 is 0 Å². The van der Waals surface area contributed by atoms with Crippen molar-refractivity contribution in [2.45, 2.75) is 106 Å². The van der Waals surface area contributed by atoms with Gasteiger partial charge >= 0.3 is 12.1 Å². The van der Waals surface area contributed by atoms with Gasteiger partial charge in [-0.15, -0.1) is 23.5 Å². The normalized spacial score (nSPS) is 18.0. The predicted octanol–water partition coefficient (Wildman–Crippen LogP) is 10.6. The van der Waals surface area contributed by atoms with Crippen molar-refractivity contribution in [3.63, 3.8) is 0 Å². The number of carbonyl (C=O) groups is 6. The summed E-state index contributed by atoms with van der Waals surface area (Å²) in [6, 6.07) is 57.4. The van der Waals surface area contributed by atoms with Crippen molar-refractivity contribution in [3.8, 4) is 0 Å². The summed E-state index contributed by atoms with van der Waals surface area (Å²) in [7, 11) is 0. The second kappa shape index (κ2) is 29.7. The first-order valence-corrected chi connectivity index (χ1v) is 29.7. The maximum Gasteiger partial charge on any atom is 0.407 e. The third-order valence-corrected chi connectivity index (χ3v) is 16.9. The molecule has 81 heavy (non-hydrogen) atoms. The van der Waals surface area contributed by atoms with Gasteiger partial charge in [-0.1, -0.05) is 202 Å². The largest absolute Gasteiger partial charge is 0.456 e. The summed E-state index contributed by atoms with van der Waals surface area (Å²) in [5.41, 5.74) is 5.45. The molecule has 0 bridgehead atoms. The molecule has 7 rings (SSSR count). The molecule has 0 aliphatic carbocycles. The zero-order valence-electron chi connectivity index (χ0n) is 46.8. The predicted molar refractivity (Wildman–Crippen MR) is 323 cm³/mol. The average molecular weight is 1130 g/mol. The summed E-state index contributed by atoms with van der Waals surface area (Å²) in [6.45, 7) is 8.58. The van der Waals surface area contributed by atoms with Crippen molar-refractivity contribution in [3.05, 3.63) is 228 Å². The maximum absolute atomic E-state index is 14.9. The summed E-state index contributed by atoms with van der Waals surface area (Å²) in [5.74, 6) is -3.06. The van der Waals surface area contributed by atoms with Crippen molar-refractivity contribution in [2.24, 2.45) is 5.92 Å². The van der Waals surface area contributed by atoms with Crippen molar-refractivity contribution in [2.75, 3.05) is 24.6 Å². The molecule has 15 heteroatoms. The van der Waals surface area contributed by atoms with Gasteiger partial charge < -0.3 is 36.1 Å². The van der Waals surface area contributed by atoms with Gasteiger partial charge in [-0.2, -0.15) is 0 Å². The lowest BCUT2D eigenvalue weighted by molar-refractivity contribution is -0.148. The Morgan fingerprint density at radius 1 is 0.605 bits per heavy atom. The summed E-state index contributed by atoms with van der Waals surface area (Å²) >= 11 is 3.23. The van der Waals surface area contributed by atoms with Gasteiger partial charge in [-0.25, -0.2) is 4.79 Å². The van der Waals surface area contributed by atoms with E-state index in [0.29, 0.717) is 25.0 Å². The van der Waals surface area contributed by atoms with Crippen LogP contribution in [0.4, 0.5) is 4.79 Å². The van der Waals surface area contributed by atoms with Gasteiger partial charge in [0.2, 0.25) is 23.6 Å². The fourth-order valence-electron chi connectivity index (χ4n) is 9.83. The summed E-state index contributed by atoms with van der Waals surface area (Å²) < 4.78 is 9.88. The van der Waals surface area contributed by atoms with E-state index in [0.717, 1.165) is 33.4 Å². The van der Waals surface area contributed by atoms with Crippen LogP contribution < -0.4 is 26.6 Å². The van der Waals surface area contributed by atoms with Crippen LogP contribution in [0, 0.1) is 5.92 Å². The Morgan fingerprint density at radius 3 is 1.49 bits per heavy atom. The zero-order chi connectivity index (χ0) is 57.7. The van der Waals surface area contributed by atoms with E-state index in [4.69, 9.17) is 9.47 Å². The average Bonchev–Trinajstić information content (AvgIpc) is 3.56. The highest BCUT2D eigenvalue weighted by Gasteiger charge is 2.41. The summed E-state index contributed by atoms with van der Waals surface area (Å²) in [6.07, 6.45) is 3.01. The molecule has 4 atom stereocenters. The van der Waals surface area contributed by atoms with Gasteiger partial charge in [-0.3, -0.25) is 24.0 Å². The van der Waals surface area contributed by atoms with Crippen LogP contribution in [0.1, 0.15) is 100 Å². The molecule has 1 aliphatic rings. The molecule has 0 radical (unpaired) electrons. The van der Waals surface area contributed by atoms with Gasteiger partial charge in [0.15, 0.2) is 0 Å².